The Kier molecular flexibility index (Phi) is 3.54. The highest BCUT2D eigenvalue weighted by Gasteiger charge is 2.43. The summed E-state index contributed by atoms with van der Waals surface area (Å²) in [6.07, 6.45) is 0.981. The molecule has 3 atom stereocenters. The first kappa shape index (κ1) is 16.1. The first-order valence-corrected chi connectivity index (χ1v) is 9.31. The van der Waals surface area contributed by atoms with Crippen molar-refractivity contribution in [2.75, 3.05) is 5.32 Å². The maximum absolute atomic E-state index is 11.3. The summed E-state index contributed by atoms with van der Waals surface area (Å²) >= 11 is 0. The Labute approximate surface area is 158 Å². The van der Waals surface area contributed by atoms with E-state index >= 15 is 0 Å². The molecule has 0 bridgehead atoms. The van der Waals surface area contributed by atoms with Gasteiger partial charge in [0.2, 0.25) is 0 Å². The largest absolute Gasteiger partial charge is 0.378 e. The van der Waals surface area contributed by atoms with Crippen LogP contribution in [0.15, 0.2) is 66.7 Å². The van der Waals surface area contributed by atoms with E-state index in [9.17, 15) is 10.1 Å². The summed E-state index contributed by atoms with van der Waals surface area (Å²) in [6, 6.07) is 22.6. The van der Waals surface area contributed by atoms with Gasteiger partial charge in [0.1, 0.15) is 0 Å². The Hall–Kier alpha value is -3.14. The molecule has 27 heavy (non-hydrogen) atoms. The van der Waals surface area contributed by atoms with Gasteiger partial charge in [-0.3, -0.25) is 10.1 Å². The molecular weight excluding hydrogens is 336 g/mol. The molecular formula is C23H20N2O2. The Morgan fingerprint density at radius 3 is 2.67 bits per heavy atom. The fourth-order valence-corrected chi connectivity index (χ4v) is 4.86. The monoisotopic (exact) mass is 356 g/mol. The molecule has 2 aliphatic rings. The number of non-ortho nitro benzene ring substituents is 1. The molecule has 1 aliphatic heterocycles. The second-order valence-electron chi connectivity index (χ2n) is 7.61. The third-order valence-corrected chi connectivity index (χ3v) is 6.00. The maximum Gasteiger partial charge on any atom is 0.269 e. The van der Waals surface area contributed by atoms with Crippen molar-refractivity contribution in [2.45, 2.75) is 25.3 Å². The molecule has 0 saturated heterocycles. The van der Waals surface area contributed by atoms with Gasteiger partial charge < -0.3 is 5.32 Å². The van der Waals surface area contributed by atoms with E-state index in [1.165, 1.54) is 22.3 Å². The summed E-state index contributed by atoms with van der Waals surface area (Å²) in [5.74, 6) is 0.529. The molecule has 4 heteroatoms. The average molecular weight is 356 g/mol. The van der Waals surface area contributed by atoms with Crippen LogP contribution in [-0.4, -0.2) is 4.92 Å². The number of hydrogen-bond donors (Lipinski definition) is 1. The quantitative estimate of drug-likeness (QED) is 0.496. The zero-order valence-electron chi connectivity index (χ0n) is 15.1. The number of nitro benzene ring substituents is 1. The highest BCUT2D eigenvalue weighted by Crippen LogP contribution is 2.54. The highest BCUT2D eigenvalue weighted by molar-refractivity contribution is 5.65. The van der Waals surface area contributed by atoms with Crippen molar-refractivity contribution < 1.29 is 4.92 Å². The van der Waals surface area contributed by atoms with Crippen LogP contribution in [0.3, 0.4) is 0 Å². The van der Waals surface area contributed by atoms with Gasteiger partial charge in [-0.15, -0.1) is 0 Å². The Bertz CT molecular complexity index is 1060. The lowest BCUT2D eigenvalue weighted by atomic mass is 9.75. The van der Waals surface area contributed by atoms with Crippen LogP contribution in [0, 0.1) is 23.0 Å². The van der Waals surface area contributed by atoms with Gasteiger partial charge in [0.05, 0.1) is 11.0 Å². The molecule has 1 aliphatic carbocycles. The number of fused-ring (bicyclic) bond motifs is 5. The number of rotatable bonds is 2. The molecule has 0 saturated carbocycles. The molecule has 4 nitrogen and oxygen atoms in total. The minimum absolute atomic E-state index is 0.160. The molecule has 3 aromatic rings. The molecule has 0 unspecified atom stereocenters. The van der Waals surface area contributed by atoms with Gasteiger partial charge in [-0.2, -0.15) is 0 Å². The van der Waals surface area contributed by atoms with E-state index < -0.39 is 0 Å². The van der Waals surface area contributed by atoms with E-state index in [0.29, 0.717) is 5.92 Å². The molecule has 134 valence electrons. The van der Waals surface area contributed by atoms with Crippen LogP contribution < -0.4 is 5.32 Å². The molecule has 0 spiro atoms. The number of anilines is 1. The fraction of sp³-hybridized carbons (Fsp3) is 0.217. The lowest BCUT2D eigenvalue weighted by Gasteiger charge is -2.38. The van der Waals surface area contributed by atoms with Crippen LogP contribution in [-0.2, 0) is 6.42 Å². The first-order chi connectivity index (χ1) is 13.1. The van der Waals surface area contributed by atoms with Crippen molar-refractivity contribution in [3.05, 3.63) is 105 Å². The summed E-state index contributed by atoms with van der Waals surface area (Å²) in [4.78, 5) is 11.0. The number of aryl methyl sites for hydroxylation is 1. The smallest absolute Gasteiger partial charge is 0.269 e. The van der Waals surface area contributed by atoms with E-state index in [2.05, 4.69) is 60.8 Å². The number of benzene rings is 3. The molecule has 0 amide bonds. The third kappa shape index (κ3) is 2.52. The zero-order valence-corrected chi connectivity index (χ0v) is 15.1. The molecule has 0 aromatic heterocycles. The molecule has 1 heterocycles. The summed E-state index contributed by atoms with van der Waals surface area (Å²) in [6.45, 7) is 2.12. The number of nitrogens with one attached hydrogen (secondary N) is 1. The van der Waals surface area contributed by atoms with Gasteiger partial charge in [0.15, 0.2) is 0 Å². The van der Waals surface area contributed by atoms with E-state index in [1.807, 2.05) is 6.07 Å². The van der Waals surface area contributed by atoms with Crippen molar-refractivity contribution in [1.29, 1.82) is 0 Å². The van der Waals surface area contributed by atoms with E-state index in [0.717, 1.165) is 17.7 Å². The predicted molar refractivity (Wildman–Crippen MR) is 106 cm³/mol. The summed E-state index contributed by atoms with van der Waals surface area (Å²) in [5.41, 5.74) is 7.40. The predicted octanol–water partition coefficient (Wildman–Crippen LogP) is 5.37. The zero-order chi connectivity index (χ0) is 18.5. The van der Waals surface area contributed by atoms with Crippen LogP contribution in [0.4, 0.5) is 11.4 Å². The van der Waals surface area contributed by atoms with Crippen LogP contribution >= 0.6 is 0 Å². The Morgan fingerprint density at radius 1 is 1.00 bits per heavy atom. The normalized spacial score (nSPS) is 22.3. The number of hydrogen-bond acceptors (Lipinski definition) is 3. The van der Waals surface area contributed by atoms with E-state index in [1.54, 1.807) is 12.1 Å². The van der Waals surface area contributed by atoms with Gasteiger partial charge in [-0.1, -0.05) is 54.1 Å². The Morgan fingerprint density at radius 2 is 1.85 bits per heavy atom. The summed E-state index contributed by atoms with van der Waals surface area (Å²) < 4.78 is 0. The topological polar surface area (TPSA) is 55.2 Å². The molecule has 0 fully saturated rings. The van der Waals surface area contributed by atoms with Crippen LogP contribution in [0.5, 0.6) is 0 Å². The molecule has 0 radical (unpaired) electrons. The summed E-state index contributed by atoms with van der Waals surface area (Å²) in [7, 11) is 0. The average Bonchev–Trinajstić information content (AvgIpc) is 3.06. The highest BCUT2D eigenvalue weighted by atomic mass is 16.6. The Balaban J connectivity index is 1.69. The van der Waals surface area contributed by atoms with Gasteiger partial charge in [0, 0.05) is 23.7 Å². The standard InChI is InChI=1S/C23H20N2O2/c1-14-5-4-7-16(11-14)23-20-12-15-6-2-3-8-18(15)22(20)19-13-17(25(26)27)9-10-21(19)24-23/h2-11,13,20,22-24H,12H2,1H3/t20-,22-,23-/m0/s1. The summed E-state index contributed by atoms with van der Waals surface area (Å²) in [5, 5.41) is 15.0. The van der Waals surface area contributed by atoms with Gasteiger partial charge >= 0.3 is 0 Å². The second-order valence-corrected chi connectivity index (χ2v) is 7.61. The van der Waals surface area contributed by atoms with Crippen molar-refractivity contribution in [1.82, 2.24) is 0 Å². The molecule has 1 N–H and O–H groups in total. The minimum Gasteiger partial charge on any atom is -0.378 e. The molecule has 3 aromatic carbocycles. The fourth-order valence-electron chi connectivity index (χ4n) is 4.86. The lowest BCUT2D eigenvalue weighted by Crippen LogP contribution is -2.30. The third-order valence-electron chi connectivity index (χ3n) is 6.00. The minimum atomic E-state index is -0.303. The number of nitro groups is 1. The van der Waals surface area contributed by atoms with E-state index in [4.69, 9.17) is 0 Å². The van der Waals surface area contributed by atoms with Crippen LogP contribution in [0.25, 0.3) is 0 Å². The SMILES string of the molecule is Cc1cccc([C@@H]2Nc3ccc([N+](=O)[O-])cc3[C@@H]3c4ccccc4C[C@@H]32)c1. The van der Waals surface area contributed by atoms with Crippen LogP contribution in [0.1, 0.15) is 39.8 Å². The van der Waals surface area contributed by atoms with Crippen molar-refractivity contribution in [3.8, 4) is 0 Å². The van der Waals surface area contributed by atoms with Gasteiger partial charge in [-0.05, 0) is 47.6 Å². The second kappa shape index (κ2) is 5.95. The first-order valence-electron chi connectivity index (χ1n) is 9.31. The molecule has 5 rings (SSSR count). The van der Waals surface area contributed by atoms with Crippen molar-refractivity contribution in [3.63, 3.8) is 0 Å². The van der Waals surface area contributed by atoms with Crippen molar-refractivity contribution >= 4 is 11.4 Å². The van der Waals surface area contributed by atoms with Crippen LogP contribution in [0.2, 0.25) is 0 Å². The maximum atomic E-state index is 11.3. The van der Waals surface area contributed by atoms with Crippen molar-refractivity contribution in [2.24, 2.45) is 5.92 Å². The number of nitrogens with zero attached hydrogens (tertiary/aromatic N) is 1. The van der Waals surface area contributed by atoms with Gasteiger partial charge in [0.25, 0.3) is 5.69 Å². The van der Waals surface area contributed by atoms with Gasteiger partial charge in [-0.25, -0.2) is 0 Å². The lowest BCUT2D eigenvalue weighted by molar-refractivity contribution is -0.384. The van der Waals surface area contributed by atoms with E-state index in [-0.39, 0.29) is 22.6 Å².